The molecule has 1 amide bonds. The van der Waals surface area contributed by atoms with Crippen LogP contribution in [0.2, 0.25) is 0 Å². The Morgan fingerprint density at radius 3 is 2.30 bits per heavy atom. The van der Waals surface area contributed by atoms with Crippen LogP contribution in [-0.4, -0.2) is 38.6 Å². The monoisotopic (exact) mass is 363 g/mol. The fraction of sp³-hybridized carbons (Fsp3) is 0.261. The van der Waals surface area contributed by atoms with Crippen molar-refractivity contribution in [1.82, 2.24) is 4.90 Å². The molecule has 0 heterocycles. The number of fused-ring (bicyclic) bond motifs is 1. The van der Waals surface area contributed by atoms with Crippen molar-refractivity contribution in [2.24, 2.45) is 0 Å². The van der Waals surface area contributed by atoms with E-state index >= 15 is 0 Å². The molecule has 27 heavy (non-hydrogen) atoms. The molecule has 4 heteroatoms. The second-order valence-electron chi connectivity index (χ2n) is 6.61. The number of carbonyl (C=O) groups excluding carboxylic acids is 1. The number of ether oxygens (including phenoxy) is 2. The molecule has 0 spiro atoms. The highest BCUT2D eigenvalue weighted by Crippen LogP contribution is 2.27. The Labute approximate surface area is 160 Å². The van der Waals surface area contributed by atoms with Gasteiger partial charge in [0.2, 0.25) is 5.91 Å². The van der Waals surface area contributed by atoms with E-state index in [9.17, 15) is 4.79 Å². The minimum absolute atomic E-state index is 0.116. The number of benzene rings is 3. The maximum Gasteiger partial charge on any atom is 0.226 e. The maximum atomic E-state index is 12.6. The van der Waals surface area contributed by atoms with Gasteiger partial charge < -0.3 is 14.4 Å². The van der Waals surface area contributed by atoms with Crippen molar-refractivity contribution in [2.75, 3.05) is 27.8 Å². The van der Waals surface area contributed by atoms with Crippen molar-refractivity contribution in [2.45, 2.75) is 12.8 Å². The zero-order valence-electron chi connectivity index (χ0n) is 16.1. The lowest BCUT2D eigenvalue weighted by molar-refractivity contribution is -0.129. The summed E-state index contributed by atoms with van der Waals surface area (Å²) in [5, 5.41) is 2.35. The number of amides is 1. The molecule has 0 bridgehead atoms. The van der Waals surface area contributed by atoms with Crippen molar-refractivity contribution in [3.63, 3.8) is 0 Å². The molecule has 0 atom stereocenters. The van der Waals surface area contributed by atoms with Gasteiger partial charge in [0.25, 0.3) is 0 Å². The van der Waals surface area contributed by atoms with Crippen molar-refractivity contribution in [3.8, 4) is 11.5 Å². The van der Waals surface area contributed by atoms with E-state index in [1.165, 1.54) is 5.39 Å². The normalized spacial score (nSPS) is 10.6. The van der Waals surface area contributed by atoms with Gasteiger partial charge in [0.15, 0.2) is 11.5 Å². The van der Waals surface area contributed by atoms with Crippen LogP contribution in [0.15, 0.2) is 60.7 Å². The highest BCUT2D eigenvalue weighted by atomic mass is 16.5. The summed E-state index contributed by atoms with van der Waals surface area (Å²) >= 11 is 0. The quantitative estimate of drug-likeness (QED) is 0.634. The van der Waals surface area contributed by atoms with E-state index < -0.39 is 0 Å². The third-order valence-corrected chi connectivity index (χ3v) is 4.78. The number of methoxy groups -OCH3 is 2. The van der Waals surface area contributed by atoms with Gasteiger partial charge in [-0.3, -0.25) is 4.79 Å². The number of carbonyl (C=O) groups is 1. The van der Waals surface area contributed by atoms with Gasteiger partial charge in [-0.25, -0.2) is 0 Å². The molecule has 3 aromatic carbocycles. The number of hydrogen-bond acceptors (Lipinski definition) is 3. The summed E-state index contributed by atoms with van der Waals surface area (Å²) in [6.45, 7) is 0.655. The highest BCUT2D eigenvalue weighted by molar-refractivity contribution is 5.85. The first-order chi connectivity index (χ1) is 13.1. The molecule has 4 nitrogen and oxygen atoms in total. The van der Waals surface area contributed by atoms with Crippen LogP contribution >= 0.6 is 0 Å². The topological polar surface area (TPSA) is 38.8 Å². The van der Waals surface area contributed by atoms with Crippen LogP contribution in [0.3, 0.4) is 0 Å². The second-order valence-corrected chi connectivity index (χ2v) is 6.61. The summed E-state index contributed by atoms with van der Waals surface area (Å²) < 4.78 is 10.6. The molecular formula is C23H25NO3. The summed E-state index contributed by atoms with van der Waals surface area (Å²) in [7, 11) is 5.10. The molecule has 0 aliphatic rings. The first-order valence-electron chi connectivity index (χ1n) is 9.03. The van der Waals surface area contributed by atoms with Crippen LogP contribution in [0.4, 0.5) is 0 Å². The summed E-state index contributed by atoms with van der Waals surface area (Å²) in [5.74, 6) is 1.54. The van der Waals surface area contributed by atoms with Gasteiger partial charge in [0.1, 0.15) is 0 Å². The third kappa shape index (κ3) is 4.59. The zero-order chi connectivity index (χ0) is 19.2. The second kappa shape index (κ2) is 8.58. The fourth-order valence-electron chi connectivity index (χ4n) is 3.12. The van der Waals surface area contributed by atoms with Crippen LogP contribution in [0.25, 0.3) is 10.8 Å². The predicted octanol–water partition coefficient (Wildman–Crippen LogP) is 4.10. The molecule has 0 fully saturated rings. The van der Waals surface area contributed by atoms with Gasteiger partial charge in [-0.2, -0.15) is 0 Å². The molecule has 3 rings (SSSR count). The molecule has 0 unspecified atom stereocenters. The molecule has 0 aliphatic heterocycles. The largest absolute Gasteiger partial charge is 0.493 e. The Balaban J connectivity index is 1.60. The highest BCUT2D eigenvalue weighted by Gasteiger charge is 2.11. The minimum atomic E-state index is 0.116. The van der Waals surface area contributed by atoms with E-state index in [0.717, 1.165) is 22.9 Å². The zero-order valence-corrected chi connectivity index (χ0v) is 16.1. The smallest absolute Gasteiger partial charge is 0.226 e. The van der Waals surface area contributed by atoms with E-state index in [4.69, 9.17) is 9.47 Å². The van der Waals surface area contributed by atoms with Gasteiger partial charge in [-0.15, -0.1) is 0 Å². The molecule has 0 saturated carbocycles. The molecule has 0 N–H and O–H groups in total. The average Bonchev–Trinajstić information content (AvgIpc) is 2.71. The predicted molar refractivity (Wildman–Crippen MR) is 109 cm³/mol. The van der Waals surface area contributed by atoms with Crippen LogP contribution in [-0.2, 0) is 17.6 Å². The maximum absolute atomic E-state index is 12.6. The van der Waals surface area contributed by atoms with E-state index in [-0.39, 0.29) is 5.91 Å². The van der Waals surface area contributed by atoms with Gasteiger partial charge >= 0.3 is 0 Å². The number of nitrogens with zero attached hydrogens (tertiary/aromatic N) is 1. The number of rotatable bonds is 7. The fourth-order valence-corrected chi connectivity index (χ4v) is 3.12. The first-order valence-corrected chi connectivity index (χ1v) is 9.03. The van der Waals surface area contributed by atoms with Crippen LogP contribution in [0.5, 0.6) is 11.5 Å². The van der Waals surface area contributed by atoms with E-state index in [2.05, 4.69) is 24.3 Å². The van der Waals surface area contributed by atoms with Gasteiger partial charge in [-0.05, 0) is 40.5 Å². The van der Waals surface area contributed by atoms with E-state index in [1.54, 1.807) is 19.1 Å². The first kappa shape index (κ1) is 18.8. The minimum Gasteiger partial charge on any atom is -0.493 e. The van der Waals surface area contributed by atoms with Gasteiger partial charge in [0, 0.05) is 13.6 Å². The SMILES string of the molecule is COc1ccc(CCN(C)C(=O)Cc2ccc3ccccc3c2)cc1OC. The lowest BCUT2D eigenvalue weighted by Gasteiger charge is -2.18. The molecule has 0 saturated heterocycles. The molecule has 0 aliphatic carbocycles. The Morgan fingerprint density at radius 2 is 1.56 bits per heavy atom. The van der Waals surface area contributed by atoms with E-state index in [1.807, 2.05) is 43.4 Å². The van der Waals surface area contributed by atoms with Gasteiger partial charge in [-0.1, -0.05) is 48.5 Å². The van der Waals surface area contributed by atoms with Crippen LogP contribution < -0.4 is 9.47 Å². The van der Waals surface area contributed by atoms with Crippen LogP contribution in [0.1, 0.15) is 11.1 Å². The summed E-state index contributed by atoms with van der Waals surface area (Å²) in [4.78, 5) is 14.4. The Hall–Kier alpha value is -3.01. The lowest BCUT2D eigenvalue weighted by atomic mass is 10.0. The third-order valence-electron chi connectivity index (χ3n) is 4.78. The molecule has 3 aromatic rings. The Kier molecular flexibility index (Phi) is 5.97. The standard InChI is InChI=1S/C23H25NO3/c1-24(13-12-17-9-11-21(26-2)22(15-17)27-3)23(25)16-18-8-10-19-6-4-5-7-20(19)14-18/h4-11,14-15H,12-13,16H2,1-3H3. The Bertz CT molecular complexity index is 936. The van der Waals surface area contributed by atoms with E-state index in [0.29, 0.717) is 24.5 Å². The van der Waals surface area contributed by atoms with Crippen LogP contribution in [0, 0.1) is 0 Å². The lowest BCUT2D eigenvalue weighted by Crippen LogP contribution is -2.30. The molecule has 0 radical (unpaired) electrons. The van der Waals surface area contributed by atoms with Crippen molar-refractivity contribution >= 4 is 16.7 Å². The summed E-state index contributed by atoms with van der Waals surface area (Å²) in [5.41, 5.74) is 2.15. The number of likely N-dealkylation sites (N-methyl/N-ethyl adjacent to an activating group) is 1. The average molecular weight is 363 g/mol. The van der Waals surface area contributed by atoms with Crippen molar-refractivity contribution in [3.05, 3.63) is 71.8 Å². The Morgan fingerprint density at radius 1 is 0.852 bits per heavy atom. The van der Waals surface area contributed by atoms with Crippen molar-refractivity contribution in [1.29, 1.82) is 0 Å². The molecular weight excluding hydrogens is 338 g/mol. The summed E-state index contributed by atoms with van der Waals surface area (Å²) in [6, 6.07) is 20.2. The number of hydrogen-bond donors (Lipinski definition) is 0. The molecule has 140 valence electrons. The van der Waals surface area contributed by atoms with Gasteiger partial charge in [0.05, 0.1) is 20.6 Å². The van der Waals surface area contributed by atoms with Crippen molar-refractivity contribution < 1.29 is 14.3 Å². The summed E-state index contributed by atoms with van der Waals surface area (Å²) in [6.07, 6.45) is 1.17. The molecule has 0 aromatic heterocycles.